The minimum Gasteiger partial charge on any atom is -0.208 e. The quantitative estimate of drug-likeness (QED) is 0.167. The molecule has 0 bridgehead atoms. The minimum atomic E-state index is 0.626. The Morgan fingerprint density at radius 3 is 1.32 bits per heavy atom. The van der Waals surface area contributed by atoms with Crippen molar-refractivity contribution in [2.45, 2.75) is 12.8 Å². The van der Waals surface area contributed by atoms with Crippen molar-refractivity contribution in [1.82, 2.24) is 15.0 Å². The third kappa shape index (κ3) is 7.37. The molecule has 0 N–H and O–H groups in total. The second-order valence-electron chi connectivity index (χ2n) is 17.1. The van der Waals surface area contributed by atoms with Gasteiger partial charge in [-0.1, -0.05) is 231 Å². The third-order valence-corrected chi connectivity index (χ3v) is 13.1. The summed E-state index contributed by atoms with van der Waals surface area (Å²) in [7, 11) is 0. The van der Waals surface area contributed by atoms with E-state index in [1.807, 2.05) is 24.3 Å². The first-order valence-electron chi connectivity index (χ1n) is 22.7. The topological polar surface area (TPSA) is 38.7 Å². The molecule has 0 atom stereocenters. The molecule has 66 heavy (non-hydrogen) atoms. The molecule has 3 nitrogen and oxygen atoms in total. The zero-order valence-electron chi connectivity index (χ0n) is 36.3. The Kier molecular flexibility index (Phi) is 10.00. The lowest BCUT2D eigenvalue weighted by atomic mass is 9.82. The predicted molar refractivity (Wildman–Crippen MR) is 273 cm³/mol. The summed E-state index contributed by atoms with van der Waals surface area (Å²) in [6, 6.07) is 85.1. The maximum Gasteiger partial charge on any atom is 0.164 e. The minimum absolute atomic E-state index is 0.626. The lowest BCUT2D eigenvalue weighted by molar-refractivity contribution is 1.07. The molecule has 0 amide bonds. The maximum atomic E-state index is 5.19. The Morgan fingerprint density at radius 2 is 0.667 bits per heavy atom. The predicted octanol–water partition coefficient (Wildman–Crippen LogP) is 15.9. The van der Waals surface area contributed by atoms with Gasteiger partial charge in [0.05, 0.1) is 0 Å². The van der Waals surface area contributed by atoms with Crippen LogP contribution in [0.1, 0.15) is 22.3 Å². The average molecular weight is 842 g/mol. The van der Waals surface area contributed by atoms with Crippen LogP contribution in [0, 0.1) is 0 Å². The molecule has 0 aliphatic heterocycles. The normalized spacial score (nSPS) is 11.8. The van der Waals surface area contributed by atoms with Crippen LogP contribution in [0.2, 0.25) is 0 Å². The average Bonchev–Trinajstić information content (AvgIpc) is 3.39. The zero-order chi connectivity index (χ0) is 43.8. The highest BCUT2D eigenvalue weighted by molar-refractivity contribution is 6.05. The first-order chi connectivity index (χ1) is 32.7. The van der Waals surface area contributed by atoms with Gasteiger partial charge in [-0.15, -0.1) is 0 Å². The van der Waals surface area contributed by atoms with Gasteiger partial charge in [0.15, 0.2) is 17.5 Å². The highest BCUT2D eigenvalue weighted by Crippen LogP contribution is 2.43. The Labute approximate surface area is 385 Å². The second-order valence-corrected chi connectivity index (χ2v) is 17.1. The smallest absolute Gasteiger partial charge is 0.164 e. The lowest BCUT2D eigenvalue weighted by Crippen LogP contribution is -2.03. The van der Waals surface area contributed by atoms with Crippen LogP contribution in [0.25, 0.3) is 101 Å². The highest BCUT2D eigenvalue weighted by Gasteiger charge is 2.21. The number of rotatable bonds is 6. The molecule has 1 aromatic heterocycles. The number of nitrogens with zero attached hydrogens (tertiary/aromatic N) is 3. The van der Waals surface area contributed by atoms with Crippen LogP contribution in [0.4, 0.5) is 0 Å². The van der Waals surface area contributed by atoms with E-state index in [2.05, 4.69) is 212 Å². The largest absolute Gasteiger partial charge is 0.208 e. The van der Waals surface area contributed by atoms with E-state index in [0.717, 1.165) is 40.7 Å². The van der Waals surface area contributed by atoms with Gasteiger partial charge in [0, 0.05) is 16.7 Å². The van der Waals surface area contributed by atoms with E-state index in [9.17, 15) is 0 Å². The summed E-state index contributed by atoms with van der Waals surface area (Å²) in [4.78, 5) is 15.4. The van der Waals surface area contributed by atoms with Gasteiger partial charge in [0.25, 0.3) is 0 Å². The Balaban J connectivity index is 1.00. The molecule has 0 radical (unpaired) electrons. The molecule has 10 aromatic carbocycles. The Morgan fingerprint density at radius 1 is 0.242 bits per heavy atom. The summed E-state index contributed by atoms with van der Waals surface area (Å²) in [5.74, 6) is 1.90. The van der Waals surface area contributed by atoms with Crippen molar-refractivity contribution in [3.05, 3.63) is 259 Å². The highest BCUT2D eigenvalue weighted by atomic mass is 15.0. The van der Waals surface area contributed by atoms with Gasteiger partial charge in [-0.25, -0.2) is 15.0 Å². The molecular formula is C63H43N3. The van der Waals surface area contributed by atoms with E-state index in [1.165, 1.54) is 77.5 Å². The van der Waals surface area contributed by atoms with E-state index < -0.39 is 0 Å². The van der Waals surface area contributed by atoms with Gasteiger partial charge in [-0.2, -0.15) is 0 Å². The molecule has 0 fully saturated rings. The van der Waals surface area contributed by atoms with E-state index in [4.69, 9.17) is 15.0 Å². The van der Waals surface area contributed by atoms with Gasteiger partial charge in [-0.3, -0.25) is 0 Å². The van der Waals surface area contributed by atoms with Gasteiger partial charge in [-0.05, 0) is 108 Å². The molecule has 0 saturated carbocycles. The number of fused-ring (bicyclic) bond motifs is 7. The fourth-order valence-electron chi connectivity index (χ4n) is 9.82. The first-order valence-corrected chi connectivity index (χ1v) is 22.7. The standard InChI is InChI=1S/C63H43N3/c1-3-16-42(17-4-1)43-30-32-46(33-31-43)62-64-61(45-19-5-2-6-20-45)65-63(66-62)52-25-15-24-51(41-52)60-58-29-14-7-18-44(58)34-37-59(60)50-35-36-57-53(40-50)39-49-23-10-12-27-55(49)54-26-11-8-21-47(54)38-48-22-9-13-28-56(48)57/h1-37,40-41H,38-39H2. The van der Waals surface area contributed by atoms with Gasteiger partial charge < -0.3 is 0 Å². The first kappa shape index (κ1) is 39.1. The van der Waals surface area contributed by atoms with Crippen molar-refractivity contribution in [1.29, 1.82) is 0 Å². The van der Waals surface area contributed by atoms with Crippen molar-refractivity contribution < 1.29 is 0 Å². The lowest BCUT2D eigenvalue weighted by Gasteiger charge is -2.22. The zero-order valence-corrected chi connectivity index (χ0v) is 36.3. The van der Waals surface area contributed by atoms with Crippen LogP contribution in [0.15, 0.2) is 237 Å². The number of aromatic nitrogens is 3. The molecule has 1 aliphatic rings. The third-order valence-electron chi connectivity index (χ3n) is 13.1. The van der Waals surface area contributed by atoms with E-state index >= 15 is 0 Å². The van der Waals surface area contributed by atoms with Gasteiger partial charge in [0.2, 0.25) is 0 Å². The summed E-state index contributed by atoms with van der Waals surface area (Å²) in [6.07, 6.45) is 1.67. The van der Waals surface area contributed by atoms with Crippen molar-refractivity contribution in [2.75, 3.05) is 0 Å². The monoisotopic (exact) mass is 841 g/mol. The molecular weight excluding hydrogens is 799 g/mol. The van der Waals surface area contributed by atoms with Crippen molar-refractivity contribution in [2.24, 2.45) is 0 Å². The molecule has 0 spiro atoms. The summed E-state index contributed by atoms with van der Waals surface area (Å²) >= 11 is 0. The van der Waals surface area contributed by atoms with Crippen LogP contribution >= 0.6 is 0 Å². The fraction of sp³-hybridized carbons (Fsp3) is 0.0317. The van der Waals surface area contributed by atoms with Crippen LogP contribution in [-0.2, 0) is 12.8 Å². The van der Waals surface area contributed by atoms with Crippen LogP contribution in [0.5, 0.6) is 0 Å². The van der Waals surface area contributed by atoms with Crippen LogP contribution in [0.3, 0.4) is 0 Å². The summed E-state index contributed by atoms with van der Waals surface area (Å²) in [6.45, 7) is 0. The molecule has 1 heterocycles. The van der Waals surface area contributed by atoms with Crippen molar-refractivity contribution >= 4 is 10.8 Å². The molecule has 0 saturated heterocycles. The van der Waals surface area contributed by atoms with E-state index in [1.54, 1.807) is 0 Å². The molecule has 1 aliphatic carbocycles. The summed E-state index contributed by atoms with van der Waals surface area (Å²) < 4.78 is 0. The molecule has 12 rings (SSSR count). The summed E-state index contributed by atoms with van der Waals surface area (Å²) in [5, 5.41) is 2.38. The molecule has 310 valence electrons. The van der Waals surface area contributed by atoms with Crippen molar-refractivity contribution in [3.8, 4) is 89.8 Å². The maximum absolute atomic E-state index is 5.19. The van der Waals surface area contributed by atoms with Gasteiger partial charge >= 0.3 is 0 Å². The van der Waals surface area contributed by atoms with E-state index in [-0.39, 0.29) is 0 Å². The summed E-state index contributed by atoms with van der Waals surface area (Å²) in [5.41, 5.74) is 20.2. The van der Waals surface area contributed by atoms with Crippen molar-refractivity contribution in [3.63, 3.8) is 0 Å². The fourth-order valence-corrected chi connectivity index (χ4v) is 9.82. The second kappa shape index (κ2) is 16.9. The number of benzene rings is 10. The van der Waals surface area contributed by atoms with Crippen LogP contribution < -0.4 is 0 Å². The number of hydrogen-bond donors (Lipinski definition) is 0. The Bertz CT molecular complexity index is 3580. The van der Waals surface area contributed by atoms with Crippen LogP contribution in [-0.4, -0.2) is 15.0 Å². The Hall–Kier alpha value is -8.53. The van der Waals surface area contributed by atoms with E-state index in [0.29, 0.717) is 17.5 Å². The molecule has 3 heteroatoms. The molecule has 11 aromatic rings. The molecule has 0 unspecified atom stereocenters. The SMILES string of the molecule is c1ccc(-c2ccc(-c3nc(-c4ccccc4)nc(-c4cccc(-c5c(-c6ccc7c(c6)Cc6ccccc6-c6ccccc6Cc6ccccc6-7)ccc6ccccc56)c4)n3)cc2)cc1. The van der Waals surface area contributed by atoms with Gasteiger partial charge in [0.1, 0.15) is 0 Å². The number of hydrogen-bond acceptors (Lipinski definition) is 3.